The largest absolute Gasteiger partial charge is 0.478 e. The third-order valence-corrected chi connectivity index (χ3v) is 3.30. The molecule has 0 saturated carbocycles. The number of aromatic nitrogens is 2. The SMILES string of the molecule is Cc1nn(C)cc1C(=O)Nc1c(Cl)cc(Cl)cc1C(=O)O. The summed E-state index contributed by atoms with van der Waals surface area (Å²) in [7, 11) is 1.68. The lowest BCUT2D eigenvalue weighted by Gasteiger charge is -2.10. The Labute approximate surface area is 130 Å². The molecule has 1 aromatic carbocycles. The molecule has 0 bridgehead atoms. The third kappa shape index (κ3) is 3.17. The van der Waals surface area contributed by atoms with Gasteiger partial charge in [-0.3, -0.25) is 9.48 Å². The van der Waals surface area contributed by atoms with Crippen LogP contribution in [0.5, 0.6) is 0 Å². The number of carbonyl (C=O) groups excluding carboxylic acids is 1. The second-order valence-electron chi connectivity index (χ2n) is 4.37. The Balaban J connectivity index is 2.42. The second kappa shape index (κ2) is 5.75. The average Bonchev–Trinajstić information content (AvgIpc) is 2.71. The minimum absolute atomic E-state index is 0.00168. The molecule has 0 unspecified atom stereocenters. The van der Waals surface area contributed by atoms with Gasteiger partial charge in [0.15, 0.2) is 0 Å². The van der Waals surface area contributed by atoms with Crippen LogP contribution in [-0.2, 0) is 7.05 Å². The van der Waals surface area contributed by atoms with E-state index in [0.29, 0.717) is 11.3 Å². The number of benzene rings is 1. The highest BCUT2D eigenvalue weighted by Crippen LogP contribution is 2.30. The van der Waals surface area contributed by atoms with Crippen molar-refractivity contribution in [3.8, 4) is 0 Å². The van der Waals surface area contributed by atoms with E-state index in [1.54, 1.807) is 14.0 Å². The molecule has 0 fully saturated rings. The Morgan fingerprint density at radius 2 is 1.95 bits per heavy atom. The van der Waals surface area contributed by atoms with Crippen LogP contribution in [0.15, 0.2) is 18.3 Å². The highest BCUT2D eigenvalue weighted by atomic mass is 35.5. The van der Waals surface area contributed by atoms with Gasteiger partial charge in [0.1, 0.15) is 0 Å². The summed E-state index contributed by atoms with van der Waals surface area (Å²) in [5, 5.41) is 15.9. The fourth-order valence-corrected chi connectivity index (χ4v) is 2.41. The van der Waals surface area contributed by atoms with Crippen LogP contribution in [0, 0.1) is 6.92 Å². The van der Waals surface area contributed by atoms with Gasteiger partial charge in [0.2, 0.25) is 0 Å². The van der Waals surface area contributed by atoms with Gasteiger partial charge in [-0.05, 0) is 19.1 Å². The first kappa shape index (κ1) is 15.3. The zero-order chi connectivity index (χ0) is 15.7. The number of carboxylic acid groups (broad SMARTS) is 1. The quantitative estimate of drug-likeness (QED) is 0.907. The Hall–Kier alpha value is -2.05. The van der Waals surface area contributed by atoms with Gasteiger partial charge < -0.3 is 10.4 Å². The van der Waals surface area contributed by atoms with Gasteiger partial charge in [0.25, 0.3) is 5.91 Å². The molecule has 1 amide bonds. The second-order valence-corrected chi connectivity index (χ2v) is 5.21. The molecule has 8 heteroatoms. The maximum atomic E-state index is 12.2. The normalized spacial score (nSPS) is 10.5. The average molecular weight is 328 g/mol. The molecule has 0 spiro atoms. The van der Waals surface area contributed by atoms with Gasteiger partial charge in [-0.15, -0.1) is 0 Å². The molecule has 2 rings (SSSR count). The van der Waals surface area contributed by atoms with E-state index in [4.69, 9.17) is 23.2 Å². The number of aromatic carboxylic acids is 1. The topological polar surface area (TPSA) is 84.2 Å². The number of anilines is 1. The zero-order valence-electron chi connectivity index (χ0n) is 11.1. The lowest BCUT2D eigenvalue weighted by molar-refractivity contribution is 0.0698. The van der Waals surface area contributed by atoms with Crippen molar-refractivity contribution in [3.63, 3.8) is 0 Å². The first-order chi connectivity index (χ1) is 9.79. The number of rotatable bonds is 3. The molecule has 21 heavy (non-hydrogen) atoms. The van der Waals surface area contributed by atoms with Gasteiger partial charge in [-0.1, -0.05) is 23.2 Å². The molecule has 1 heterocycles. The smallest absolute Gasteiger partial charge is 0.337 e. The van der Waals surface area contributed by atoms with Gasteiger partial charge in [0.05, 0.1) is 27.5 Å². The van der Waals surface area contributed by atoms with Crippen LogP contribution in [0.25, 0.3) is 0 Å². The molecule has 0 atom stereocenters. The van der Waals surface area contributed by atoms with E-state index in [1.807, 2.05) is 0 Å². The molecule has 2 aromatic rings. The number of carbonyl (C=O) groups is 2. The van der Waals surface area contributed by atoms with Crippen LogP contribution in [0.4, 0.5) is 5.69 Å². The summed E-state index contributed by atoms with van der Waals surface area (Å²) >= 11 is 11.7. The van der Waals surface area contributed by atoms with Crippen molar-refractivity contribution in [2.75, 3.05) is 5.32 Å². The molecule has 0 saturated heterocycles. The molecule has 1 aromatic heterocycles. The summed E-state index contributed by atoms with van der Waals surface area (Å²) in [5.74, 6) is -1.73. The van der Waals surface area contributed by atoms with Crippen LogP contribution >= 0.6 is 23.2 Å². The maximum Gasteiger partial charge on any atom is 0.337 e. The number of hydrogen-bond donors (Lipinski definition) is 2. The van der Waals surface area contributed by atoms with E-state index >= 15 is 0 Å². The minimum Gasteiger partial charge on any atom is -0.478 e. The summed E-state index contributed by atoms with van der Waals surface area (Å²) in [5.41, 5.74) is 0.682. The van der Waals surface area contributed by atoms with Crippen LogP contribution in [-0.4, -0.2) is 26.8 Å². The van der Waals surface area contributed by atoms with E-state index < -0.39 is 11.9 Å². The summed E-state index contributed by atoms with van der Waals surface area (Å²) < 4.78 is 1.49. The number of nitrogens with one attached hydrogen (secondary N) is 1. The van der Waals surface area contributed by atoms with Crippen molar-refractivity contribution < 1.29 is 14.7 Å². The summed E-state index contributed by atoms with van der Waals surface area (Å²) in [4.78, 5) is 23.4. The Kier molecular flexibility index (Phi) is 4.20. The number of aryl methyl sites for hydroxylation is 2. The molecule has 2 N–H and O–H groups in total. The van der Waals surface area contributed by atoms with Crippen LogP contribution in [0.1, 0.15) is 26.4 Å². The van der Waals surface area contributed by atoms with Crippen molar-refractivity contribution in [2.45, 2.75) is 6.92 Å². The summed E-state index contributed by atoms with van der Waals surface area (Å²) in [6.45, 7) is 1.68. The molecule has 0 aliphatic heterocycles. The number of hydrogen-bond acceptors (Lipinski definition) is 3. The van der Waals surface area contributed by atoms with E-state index in [0.717, 1.165) is 0 Å². The third-order valence-electron chi connectivity index (χ3n) is 2.78. The highest BCUT2D eigenvalue weighted by Gasteiger charge is 2.20. The number of amides is 1. The van der Waals surface area contributed by atoms with E-state index in [1.165, 1.54) is 23.0 Å². The predicted molar refractivity (Wildman–Crippen MR) is 79.3 cm³/mol. The lowest BCUT2D eigenvalue weighted by Crippen LogP contribution is -2.15. The van der Waals surface area contributed by atoms with Gasteiger partial charge in [-0.25, -0.2) is 4.79 Å². The maximum absolute atomic E-state index is 12.2. The predicted octanol–water partition coefficient (Wildman–Crippen LogP) is 2.99. The van der Waals surface area contributed by atoms with Crippen LogP contribution < -0.4 is 5.32 Å². The zero-order valence-corrected chi connectivity index (χ0v) is 12.7. The van der Waals surface area contributed by atoms with Crippen LogP contribution in [0.3, 0.4) is 0 Å². The molecular weight excluding hydrogens is 317 g/mol. The van der Waals surface area contributed by atoms with E-state index in [2.05, 4.69) is 10.4 Å². The minimum atomic E-state index is -1.24. The number of halogens is 2. The Morgan fingerprint density at radius 3 is 2.48 bits per heavy atom. The lowest BCUT2D eigenvalue weighted by atomic mass is 10.1. The van der Waals surface area contributed by atoms with Gasteiger partial charge >= 0.3 is 5.97 Å². The first-order valence-electron chi connectivity index (χ1n) is 5.83. The highest BCUT2D eigenvalue weighted by molar-refractivity contribution is 6.38. The van der Waals surface area contributed by atoms with Crippen molar-refractivity contribution >= 4 is 40.8 Å². The number of carboxylic acids is 1. The Bertz CT molecular complexity index is 741. The monoisotopic (exact) mass is 327 g/mol. The number of nitrogens with zero attached hydrogens (tertiary/aromatic N) is 2. The van der Waals surface area contributed by atoms with Crippen molar-refractivity contribution in [1.82, 2.24) is 9.78 Å². The van der Waals surface area contributed by atoms with Crippen molar-refractivity contribution in [1.29, 1.82) is 0 Å². The van der Waals surface area contributed by atoms with Crippen molar-refractivity contribution in [2.24, 2.45) is 7.05 Å². The molecule has 0 aliphatic rings. The fourth-order valence-electron chi connectivity index (χ4n) is 1.87. The molecule has 0 aliphatic carbocycles. The standard InChI is InChI=1S/C13H11Cl2N3O3/c1-6-9(5-18(2)17-6)12(19)16-11-8(13(20)21)3-7(14)4-10(11)15/h3-5H,1-2H3,(H,16,19)(H,20,21). The molecule has 110 valence electrons. The summed E-state index contributed by atoms with van der Waals surface area (Å²) in [6.07, 6.45) is 1.54. The van der Waals surface area contributed by atoms with Crippen molar-refractivity contribution in [3.05, 3.63) is 45.2 Å². The first-order valence-corrected chi connectivity index (χ1v) is 6.59. The van der Waals surface area contributed by atoms with E-state index in [9.17, 15) is 14.7 Å². The fraction of sp³-hybridized carbons (Fsp3) is 0.154. The van der Waals surface area contributed by atoms with Crippen LogP contribution in [0.2, 0.25) is 10.0 Å². The molecule has 6 nitrogen and oxygen atoms in total. The molecular formula is C13H11Cl2N3O3. The Morgan fingerprint density at radius 1 is 1.29 bits per heavy atom. The van der Waals surface area contributed by atoms with Gasteiger partial charge in [-0.2, -0.15) is 5.10 Å². The van der Waals surface area contributed by atoms with E-state index in [-0.39, 0.29) is 21.3 Å². The van der Waals surface area contributed by atoms with Gasteiger partial charge in [0, 0.05) is 18.3 Å². The molecule has 0 radical (unpaired) electrons. The summed E-state index contributed by atoms with van der Waals surface area (Å²) in [6, 6.07) is 2.59.